The van der Waals surface area contributed by atoms with E-state index in [-0.39, 0.29) is 23.3 Å². The normalized spacial score (nSPS) is 14.9. The lowest BCUT2D eigenvalue weighted by Crippen LogP contribution is -2.44. The first-order valence-corrected chi connectivity index (χ1v) is 14.3. The van der Waals surface area contributed by atoms with Gasteiger partial charge in [-0.25, -0.2) is 19.3 Å². The van der Waals surface area contributed by atoms with Gasteiger partial charge < -0.3 is 30.3 Å². The van der Waals surface area contributed by atoms with Crippen LogP contribution in [0.4, 0.5) is 29.5 Å². The van der Waals surface area contributed by atoms with Crippen molar-refractivity contribution in [1.29, 1.82) is 0 Å². The van der Waals surface area contributed by atoms with Crippen LogP contribution >= 0.6 is 0 Å². The van der Waals surface area contributed by atoms with Crippen LogP contribution in [-0.2, 0) is 16.2 Å². The fraction of sp³-hybridized carbons (Fsp3) is 0.333. The highest BCUT2D eigenvalue weighted by Crippen LogP contribution is 2.36. The second-order valence-corrected chi connectivity index (χ2v) is 10.2. The first kappa shape index (κ1) is 31.4. The van der Waals surface area contributed by atoms with Gasteiger partial charge in [0.15, 0.2) is 11.5 Å². The van der Waals surface area contributed by atoms with E-state index in [2.05, 4.69) is 25.8 Å². The maximum Gasteiger partial charge on any atom is 0.493 e. The molecule has 0 saturated carbocycles. The van der Waals surface area contributed by atoms with Crippen molar-refractivity contribution >= 4 is 34.5 Å². The number of rotatable bonds is 9. The molecule has 15 heteroatoms. The fourth-order valence-electron chi connectivity index (χ4n) is 4.78. The Morgan fingerprint density at radius 3 is 2.47 bits per heavy atom. The van der Waals surface area contributed by atoms with Gasteiger partial charge in [0, 0.05) is 31.4 Å². The standard InChI is InChI=1S/C30H32F3N7O5/c1-3-35-29(42)40(45-28(41)30(31,32)33)21-8-12-23(13-9-21)44-24-14-16-36-27-25(24)26(37-20-5-4-15-34-17-20)38-39(27)18-19-6-10-22(43-2)11-7-19/h6-14,16,20,34H,3-5,15,17-18H2,1-2H3,(H,35,42)(H,37,38)/t20-/m1/s1. The van der Waals surface area contributed by atoms with Gasteiger partial charge in [0.05, 0.1) is 19.3 Å². The number of hydrogen-bond donors (Lipinski definition) is 3. The topological polar surface area (TPSA) is 132 Å². The second-order valence-electron chi connectivity index (χ2n) is 10.2. The van der Waals surface area contributed by atoms with Crippen LogP contribution in [0.5, 0.6) is 17.2 Å². The molecule has 2 aromatic carbocycles. The van der Waals surface area contributed by atoms with E-state index in [1.165, 1.54) is 24.3 Å². The molecule has 1 fully saturated rings. The Hall–Kier alpha value is -5.05. The van der Waals surface area contributed by atoms with Gasteiger partial charge >= 0.3 is 18.2 Å². The Labute approximate surface area is 256 Å². The lowest BCUT2D eigenvalue weighted by atomic mass is 10.1. The minimum absolute atomic E-state index is 0.0948. The molecule has 0 unspecified atom stereocenters. The molecule has 2 aromatic heterocycles. The van der Waals surface area contributed by atoms with E-state index in [4.69, 9.17) is 14.6 Å². The zero-order chi connectivity index (χ0) is 32.0. The van der Waals surface area contributed by atoms with Crippen molar-refractivity contribution in [1.82, 2.24) is 25.4 Å². The lowest BCUT2D eigenvalue weighted by molar-refractivity contribution is -0.199. The van der Waals surface area contributed by atoms with Crippen molar-refractivity contribution in [3.8, 4) is 17.2 Å². The molecule has 0 radical (unpaired) electrons. The molecular formula is C30H32F3N7O5. The molecule has 0 spiro atoms. The number of halogens is 3. The summed E-state index contributed by atoms with van der Waals surface area (Å²) in [5.74, 6) is -0.466. The number of ether oxygens (including phenoxy) is 2. The number of anilines is 2. The number of nitrogens with one attached hydrogen (secondary N) is 3. The number of benzene rings is 2. The monoisotopic (exact) mass is 627 g/mol. The fourth-order valence-corrected chi connectivity index (χ4v) is 4.78. The van der Waals surface area contributed by atoms with E-state index < -0.39 is 18.2 Å². The van der Waals surface area contributed by atoms with Gasteiger partial charge in [0.1, 0.15) is 22.6 Å². The molecule has 3 N–H and O–H groups in total. The third kappa shape index (κ3) is 7.55. The average molecular weight is 628 g/mol. The van der Waals surface area contributed by atoms with Crippen LogP contribution in [0.1, 0.15) is 25.3 Å². The molecule has 4 aromatic rings. The molecule has 0 aliphatic carbocycles. The van der Waals surface area contributed by atoms with Crippen LogP contribution in [0.2, 0.25) is 0 Å². The van der Waals surface area contributed by atoms with Crippen molar-refractivity contribution in [2.24, 2.45) is 0 Å². The summed E-state index contributed by atoms with van der Waals surface area (Å²) in [6, 6.07) is 13.9. The number of pyridine rings is 1. The SMILES string of the molecule is CCNC(=O)N(OC(=O)C(F)(F)F)c1ccc(Oc2ccnc3c2c(N[C@@H]2CCCNC2)nn3Cc2ccc(OC)cc2)cc1. The van der Waals surface area contributed by atoms with Crippen molar-refractivity contribution in [3.63, 3.8) is 0 Å². The number of amides is 2. The minimum Gasteiger partial charge on any atom is -0.497 e. The third-order valence-corrected chi connectivity index (χ3v) is 6.94. The van der Waals surface area contributed by atoms with Crippen LogP contribution in [0.25, 0.3) is 11.0 Å². The molecule has 1 aliphatic rings. The number of piperidine rings is 1. The van der Waals surface area contributed by atoms with Gasteiger partial charge in [-0.15, -0.1) is 5.06 Å². The Bertz CT molecular complexity index is 1620. The molecule has 3 heterocycles. The first-order valence-electron chi connectivity index (χ1n) is 14.3. The summed E-state index contributed by atoms with van der Waals surface area (Å²) < 4.78 is 51.9. The zero-order valence-corrected chi connectivity index (χ0v) is 24.6. The van der Waals surface area contributed by atoms with E-state index in [0.717, 1.165) is 37.2 Å². The van der Waals surface area contributed by atoms with Gasteiger partial charge in [-0.1, -0.05) is 12.1 Å². The molecule has 238 valence electrons. The summed E-state index contributed by atoms with van der Waals surface area (Å²) in [5.41, 5.74) is 1.44. The number of aromatic nitrogens is 3. The van der Waals surface area contributed by atoms with Crippen LogP contribution in [0.3, 0.4) is 0 Å². The number of nitrogens with zero attached hydrogens (tertiary/aromatic N) is 4. The lowest BCUT2D eigenvalue weighted by Gasteiger charge is -2.24. The number of fused-ring (bicyclic) bond motifs is 1. The van der Waals surface area contributed by atoms with Gasteiger partial charge in [-0.3, -0.25) is 0 Å². The summed E-state index contributed by atoms with van der Waals surface area (Å²) in [6.45, 7) is 3.82. The van der Waals surface area contributed by atoms with Gasteiger partial charge in [0.2, 0.25) is 0 Å². The number of hydroxylamine groups is 1. The van der Waals surface area contributed by atoms with Crippen molar-refractivity contribution in [2.75, 3.05) is 37.1 Å². The Morgan fingerprint density at radius 1 is 1.09 bits per heavy atom. The van der Waals surface area contributed by atoms with Crippen molar-refractivity contribution < 1.29 is 37.1 Å². The van der Waals surface area contributed by atoms with E-state index in [1.54, 1.807) is 31.0 Å². The molecule has 1 saturated heterocycles. The highest BCUT2D eigenvalue weighted by molar-refractivity contribution is 5.94. The Kier molecular flexibility index (Phi) is 9.56. The number of alkyl halides is 3. The van der Waals surface area contributed by atoms with Crippen LogP contribution in [0.15, 0.2) is 60.8 Å². The first-order chi connectivity index (χ1) is 21.7. The summed E-state index contributed by atoms with van der Waals surface area (Å²) in [5, 5.41) is 15.0. The number of methoxy groups -OCH3 is 1. The predicted octanol–water partition coefficient (Wildman–Crippen LogP) is 5.00. The van der Waals surface area contributed by atoms with E-state index in [1.807, 2.05) is 24.3 Å². The van der Waals surface area contributed by atoms with Crippen molar-refractivity contribution in [3.05, 3.63) is 66.4 Å². The highest BCUT2D eigenvalue weighted by atomic mass is 19.4. The van der Waals surface area contributed by atoms with Gasteiger partial charge in [0.25, 0.3) is 0 Å². The minimum atomic E-state index is -5.29. The van der Waals surface area contributed by atoms with Crippen molar-refractivity contribution in [2.45, 2.75) is 38.5 Å². The second kappa shape index (κ2) is 13.7. The quantitative estimate of drug-likeness (QED) is 0.219. The number of urea groups is 1. The van der Waals surface area contributed by atoms with E-state index >= 15 is 0 Å². The molecule has 12 nitrogen and oxygen atoms in total. The summed E-state index contributed by atoms with van der Waals surface area (Å²) >= 11 is 0. The predicted molar refractivity (Wildman–Crippen MR) is 159 cm³/mol. The summed E-state index contributed by atoms with van der Waals surface area (Å²) in [7, 11) is 1.61. The van der Waals surface area contributed by atoms with Gasteiger partial charge in [-0.2, -0.15) is 18.3 Å². The molecule has 45 heavy (non-hydrogen) atoms. The number of carbonyl (C=O) groups is 2. The maximum atomic E-state index is 12.9. The summed E-state index contributed by atoms with van der Waals surface area (Å²) in [4.78, 5) is 32.8. The Morgan fingerprint density at radius 2 is 1.82 bits per heavy atom. The van der Waals surface area contributed by atoms with E-state index in [0.29, 0.717) is 34.9 Å². The van der Waals surface area contributed by atoms with Crippen LogP contribution < -0.4 is 30.5 Å². The van der Waals surface area contributed by atoms with Gasteiger partial charge in [-0.05, 0) is 68.3 Å². The van der Waals surface area contributed by atoms with Crippen LogP contribution in [-0.4, -0.2) is 65.7 Å². The zero-order valence-electron chi connectivity index (χ0n) is 24.6. The van der Waals surface area contributed by atoms with Crippen LogP contribution in [0, 0.1) is 0 Å². The Balaban J connectivity index is 1.45. The number of carbonyl (C=O) groups excluding carboxylic acids is 2. The molecule has 2 amide bonds. The third-order valence-electron chi connectivity index (χ3n) is 6.94. The molecule has 1 atom stereocenters. The molecular weight excluding hydrogens is 595 g/mol. The smallest absolute Gasteiger partial charge is 0.493 e. The summed E-state index contributed by atoms with van der Waals surface area (Å²) in [6.07, 6.45) is -1.73. The maximum absolute atomic E-state index is 12.9. The molecule has 1 aliphatic heterocycles. The molecule has 0 bridgehead atoms. The molecule has 5 rings (SSSR count). The average Bonchev–Trinajstić information content (AvgIpc) is 3.38. The number of hydrogen-bond acceptors (Lipinski definition) is 9. The largest absolute Gasteiger partial charge is 0.497 e. The van der Waals surface area contributed by atoms with E-state index in [9.17, 15) is 22.8 Å². The highest BCUT2D eigenvalue weighted by Gasteiger charge is 2.43.